The van der Waals surface area contributed by atoms with Gasteiger partial charge >= 0.3 is 12.0 Å². The fourth-order valence-electron chi connectivity index (χ4n) is 3.30. The molecule has 2 amide bonds. The van der Waals surface area contributed by atoms with Gasteiger partial charge in [-0.25, -0.2) is 9.59 Å². The topological polar surface area (TPSA) is 80.3 Å². The first-order valence-electron chi connectivity index (χ1n) is 9.27. The van der Waals surface area contributed by atoms with E-state index in [0.29, 0.717) is 48.9 Å². The molecule has 8 nitrogen and oxygen atoms in total. The number of urea groups is 1. The van der Waals surface area contributed by atoms with Crippen LogP contribution in [0.3, 0.4) is 0 Å². The minimum atomic E-state index is -0.366. The largest absolute Gasteiger partial charge is 0.493 e. The van der Waals surface area contributed by atoms with Crippen LogP contribution in [0.1, 0.15) is 10.4 Å². The Hall–Kier alpha value is -3.42. The van der Waals surface area contributed by atoms with Crippen LogP contribution in [0, 0.1) is 0 Å². The third kappa shape index (κ3) is 4.53. The van der Waals surface area contributed by atoms with Crippen LogP contribution in [0.15, 0.2) is 42.5 Å². The molecule has 0 aliphatic carbocycles. The van der Waals surface area contributed by atoms with Crippen LogP contribution in [0.4, 0.5) is 16.2 Å². The molecule has 29 heavy (non-hydrogen) atoms. The number of para-hydroxylation sites is 1. The Kier molecular flexibility index (Phi) is 6.43. The predicted molar refractivity (Wildman–Crippen MR) is 110 cm³/mol. The first-order chi connectivity index (χ1) is 14.1. The number of rotatable bonds is 5. The SMILES string of the molecule is COC(=O)c1ccccc1N1CCN(C(=O)Nc2ccc(OC)c(OC)c2)CC1. The van der Waals surface area contributed by atoms with Gasteiger partial charge in [0.1, 0.15) is 0 Å². The van der Waals surface area contributed by atoms with E-state index in [4.69, 9.17) is 14.2 Å². The molecular formula is C21H25N3O5. The maximum atomic E-state index is 12.6. The quantitative estimate of drug-likeness (QED) is 0.779. The number of ether oxygens (including phenoxy) is 3. The number of amides is 2. The third-order valence-electron chi connectivity index (χ3n) is 4.85. The number of benzene rings is 2. The number of nitrogens with zero attached hydrogens (tertiary/aromatic N) is 2. The Bertz CT molecular complexity index is 878. The molecule has 8 heteroatoms. The number of carbonyl (C=O) groups excluding carboxylic acids is 2. The third-order valence-corrected chi connectivity index (χ3v) is 4.85. The molecule has 0 atom stereocenters. The first-order valence-corrected chi connectivity index (χ1v) is 9.27. The zero-order valence-corrected chi connectivity index (χ0v) is 16.8. The van der Waals surface area contributed by atoms with E-state index >= 15 is 0 Å². The molecule has 0 bridgehead atoms. The average Bonchev–Trinajstić information content (AvgIpc) is 2.78. The second-order valence-electron chi connectivity index (χ2n) is 6.48. The van der Waals surface area contributed by atoms with Gasteiger partial charge in [-0.15, -0.1) is 0 Å². The van der Waals surface area contributed by atoms with Gasteiger partial charge in [0.05, 0.1) is 32.6 Å². The van der Waals surface area contributed by atoms with Gasteiger partial charge in [0.2, 0.25) is 0 Å². The van der Waals surface area contributed by atoms with E-state index in [1.54, 1.807) is 43.4 Å². The highest BCUT2D eigenvalue weighted by Crippen LogP contribution is 2.30. The summed E-state index contributed by atoms with van der Waals surface area (Å²) in [5, 5.41) is 2.89. The van der Waals surface area contributed by atoms with Crippen molar-refractivity contribution in [3.63, 3.8) is 0 Å². The van der Waals surface area contributed by atoms with Crippen molar-refractivity contribution in [3.05, 3.63) is 48.0 Å². The van der Waals surface area contributed by atoms with Gasteiger partial charge < -0.3 is 29.3 Å². The van der Waals surface area contributed by atoms with E-state index < -0.39 is 0 Å². The molecule has 154 valence electrons. The molecule has 0 unspecified atom stereocenters. The second kappa shape index (κ2) is 9.18. The number of anilines is 2. The molecule has 1 heterocycles. The van der Waals surface area contributed by atoms with Crippen molar-refractivity contribution in [3.8, 4) is 11.5 Å². The molecule has 2 aromatic rings. The number of nitrogens with one attached hydrogen (secondary N) is 1. The van der Waals surface area contributed by atoms with E-state index in [9.17, 15) is 9.59 Å². The van der Waals surface area contributed by atoms with Crippen molar-refractivity contribution < 1.29 is 23.8 Å². The van der Waals surface area contributed by atoms with Crippen LogP contribution >= 0.6 is 0 Å². The van der Waals surface area contributed by atoms with Crippen molar-refractivity contribution in [2.24, 2.45) is 0 Å². The molecule has 2 aromatic carbocycles. The van der Waals surface area contributed by atoms with Gasteiger partial charge in [0.15, 0.2) is 11.5 Å². The summed E-state index contributed by atoms with van der Waals surface area (Å²) in [5.74, 6) is 0.784. The minimum Gasteiger partial charge on any atom is -0.493 e. The summed E-state index contributed by atoms with van der Waals surface area (Å²) < 4.78 is 15.4. The molecule has 3 rings (SSSR count). The van der Waals surface area contributed by atoms with Crippen molar-refractivity contribution in [2.45, 2.75) is 0 Å². The van der Waals surface area contributed by atoms with Crippen LogP contribution < -0.4 is 19.7 Å². The monoisotopic (exact) mass is 399 g/mol. The van der Waals surface area contributed by atoms with E-state index in [1.165, 1.54) is 7.11 Å². The van der Waals surface area contributed by atoms with E-state index in [0.717, 1.165) is 5.69 Å². The van der Waals surface area contributed by atoms with Crippen molar-refractivity contribution in [1.29, 1.82) is 0 Å². The van der Waals surface area contributed by atoms with Gasteiger partial charge in [-0.2, -0.15) is 0 Å². The van der Waals surface area contributed by atoms with E-state index in [2.05, 4.69) is 10.2 Å². The van der Waals surface area contributed by atoms with Crippen LogP contribution in [-0.4, -0.2) is 64.4 Å². The van der Waals surface area contributed by atoms with Gasteiger partial charge in [-0.3, -0.25) is 0 Å². The number of hydrogen-bond donors (Lipinski definition) is 1. The van der Waals surface area contributed by atoms with Crippen molar-refractivity contribution >= 4 is 23.4 Å². The van der Waals surface area contributed by atoms with Crippen LogP contribution in [0.5, 0.6) is 11.5 Å². The van der Waals surface area contributed by atoms with E-state index in [1.807, 2.05) is 18.2 Å². The lowest BCUT2D eigenvalue weighted by Gasteiger charge is -2.36. The fourth-order valence-corrected chi connectivity index (χ4v) is 3.30. The highest BCUT2D eigenvalue weighted by molar-refractivity contribution is 5.96. The van der Waals surface area contributed by atoms with Crippen LogP contribution in [0.25, 0.3) is 0 Å². The van der Waals surface area contributed by atoms with Crippen LogP contribution in [0.2, 0.25) is 0 Å². The summed E-state index contributed by atoms with van der Waals surface area (Å²) in [6, 6.07) is 12.4. The zero-order chi connectivity index (χ0) is 20.8. The summed E-state index contributed by atoms with van der Waals surface area (Å²) in [4.78, 5) is 28.5. The fraction of sp³-hybridized carbons (Fsp3) is 0.333. The highest BCUT2D eigenvalue weighted by atomic mass is 16.5. The number of carbonyl (C=O) groups is 2. The summed E-state index contributed by atoms with van der Waals surface area (Å²) in [5.41, 5.74) is 1.98. The summed E-state index contributed by atoms with van der Waals surface area (Å²) >= 11 is 0. The molecular weight excluding hydrogens is 374 g/mol. The smallest absolute Gasteiger partial charge is 0.339 e. The van der Waals surface area contributed by atoms with E-state index in [-0.39, 0.29) is 12.0 Å². The standard InChI is InChI=1S/C21H25N3O5/c1-27-18-9-8-15(14-19(18)28-2)22-21(26)24-12-10-23(11-13-24)17-7-5-4-6-16(17)20(25)29-3/h4-9,14H,10-13H2,1-3H3,(H,22,26). The van der Waals surface area contributed by atoms with Gasteiger partial charge in [0, 0.05) is 37.9 Å². The van der Waals surface area contributed by atoms with Crippen molar-refractivity contribution in [1.82, 2.24) is 4.90 Å². The molecule has 1 aliphatic heterocycles. The summed E-state index contributed by atoms with van der Waals surface area (Å²) in [6.07, 6.45) is 0. The lowest BCUT2D eigenvalue weighted by Crippen LogP contribution is -2.50. The normalized spacial score (nSPS) is 13.6. The lowest BCUT2D eigenvalue weighted by molar-refractivity contribution is 0.0601. The molecule has 1 aliphatic rings. The number of methoxy groups -OCH3 is 3. The minimum absolute atomic E-state index is 0.182. The second-order valence-corrected chi connectivity index (χ2v) is 6.48. The van der Waals surface area contributed by atoms with Crippen LogP contribution in [-0.2, 0) is 4.74 Å². The molecule has 0 radical (unpaired) electrons. The van der Waals surface area contributed by atoms with Gasteiger partial charge in [-0.05, 0) is 24.3 Å². The Balaban J connectivity index is 1.63. The van der Waals surface area contributed by atoms with Gasteiger partial charge in [-0.1, -0.05) is 12.1 Å². The number of esters is 1. The maximum Gasteiger partial charge on any atom is 0.339 e. The Morgan fingerprint density at radius 2 is 1.59 bits per heavy atom. The van der Waals surface area contributed by atoms with Gasteiger partial charge in [0.25, 0.3) is 0 Å². The molecule has 1 saturated heterocycles. The zero-order valence-electron chi connectivity index (χ0n) is 16.8. The molecule has 0 spiro atoms. The van der Waals surface area contributed by atoms with Crippen molar-refractivity contribution in [2.75, 3.05) is 57.7 Å². The molecule has 1 N–H and O–H groups in total. The first kappa shape index (κ1) is 20.3. The average molecular weight is 399 g/mol. The summed E-state index contributed by atoms with van der Waals surface area (Å²) in [6.45, 7) is 2.31. The summed E-state index contributed by atoms with van der Waals surface area (Å²) in [7, 11) is 4.48. The lowest BCUT2D eigenvalue weighted by atomic mass is 10.1. The molecule has 0 aromatic heterocycles. The number of hydrogen-bond acceptors (Lipinski definition) is 6. The maximum absolute atomic E-state index is 12.6. The highest BCUT2D eigenvalue weighted by Gasteiger charge is 2.24. The number of piperazine rings is 1. The Labute approximate surface area is 170 Å². The molecule has 0 saturated carbocycles. The predicted octanol–water partition coefficient (Wildman–Crippen LogP) is 2.84. The Morgan fingerprint density at radius 3 is 2.24 bits per heavy atom. The molecule has 1 fully saturated rings. The Morgan fingerprint density at radius 1 is 0.897 bits per heavy atom.